The van der Waals surface area contributed by atoms with Crippen molar-refractivity contribution in [3.8, 4) is 0 Å². The zero-order valence-electron chi connectivity index (χ0n) is 8.06. The van der Waals surface area contributed by atoms with E-state index in [-0.39, 0.29) is 5.54 Å². The molecule has 0 aliphatic carbocycles. The maximum absolute atomic E-state index is 13.2. The van der Waals surface area contributed by atoms with E-state index >= 15 is 0 Å². The summed E-state index contributed by atoms with van der Waals surface area (Å²) in [5.74, 6) is 0. The topological polar surface area (TPSA) is 12.0 Å². The van der Waals surface area contributed by atoms with Gasteiger partial charge in [-0.05, 0) is 18.6 Å². The van der Waals surface area contributed by atoms with E-state index in [2.05, 4.69) is 21.2 Å². The SMILES string of the molecule is CC1(c2ccccc2Br)CC(F)CN1. The normalized spacial score (nSPS) is 32.1. The van der Waals surface area contributed by atoms with Gasteiger partial charge in [0.25, 0.3) is 0 Å². The zero-order chi connectivity index (χ0) is 10.2. The molecule has 1 heterocycles. The number of halogens is 2. The molecule has 1 nitrogen and oxygen atoms in total. The van der Waals surface area contributed by atoms with Gasteiger partial charge in [0.1, 0.15) is 6.17 Å². The second-order valence-electron chi connectivity index (χ2n) is 3.99. The lowest BCUT2D eigenvalue weighted by atomic mass is 9.90. The molecule has 2 atom stereocenters. The van der Waals surface area contributed by atoms with Crippen LogP contribution in [-0.2, 0) is 5.54 Å². The molecular weight excluding hydrogens is 245 g/mol. The van der Waals surface area contributed by atoms with E-state index in [4.69, 9.17) is 0 Å². The molecule has 1 aliphatic heterocycles. The predicted octanol–water partition coefficient (Wildman–Crippen LogP) is 3.00. The Bertz CT molecular complexity index is 342. The summed E-state index contributed by atoms with van der Waals surface area (Å²) in [5.41, 5.74) is 0.916. The van der Waals surface area contributed by atoms with Crippen LogP contribution in [0.1, 0.15) is 18.9 Å². The van der Waals surface area contributed by atoms with Crippen LogP contribution in [0.25, 0.3) is 0 Å². The van der Waals surface area contributed by atoms with Crippen molar-refractivity contribution in [2.45, 2.75) is 25.1 Å². The highest BCUT2D eigenvalue weighted by molar-refractivity contribution is 9.10. The highest BCUT2D eigenvalue weighted by Crippen LogP contribution is 2.35. The molecule has 0 radical (unpaired) electrons. The fourth-order valence-electron chi connectivity index (χ4n) is 2.04. The van der Waals surface area contributed by atoms with Crippen molar-refractivity contribution in [2.24, 2.45) is 0 Å². The summed E-state index contributed by atoms with van der Waals surface area (Å²) in [6, 6.07) is 7.99. The van der Waals surface area contributed by atoms with Gasteiger partial charge in [-0.2, -0.15) is 0 Å². The molecule has 3 heteroatoms. The first kappa shape index (κ1) is 10.1. The first-order chi connectivity index (χ1) is 6.62. The Balaban J connectivity index is 2.35. The van der Waals surface area contributed by atoms with Crippen LogP contribution in [0.3, 0.4) is 0 Å². The monoisotopic (exact) mass is 257 g/mol. The average molecular weight is 258 g/mol. The minimum atomic E-state index is -0.730. The molecule has 1 aromatic carbocycles. The Labute approximate surface area is 91.8 Å². The molecular formula is C11H13BrFN. The lowest BCUT2D eigenvalue weighted by Gasteiger charge is -2.25. The van der Waals surface area contributed by atoms with Gasteiger partial charge in [-0.15, -0.1) is 0 Å². The highest BCUT2D eigenvalue weighted by Gasteiger charge is 2.37. The van der Waals surface area contributed by atoms with Gasteiger partial charge in [0.2, 0.25) is 0 Å². The summed E-state index contributed by atoms with van der Waals surface area (Å²) >= 11 is 3.50. The highest BCUT2D eigenvalue weighted by atomic mass is 79.9. The summed E-state index contributed by atoms with van der Waals surface area (Å²) in [4.78, 5) is 0. The van der Waals surface area contributed by atoms with Crippen LogP contribution in [0.4, 0.5) is 4.39 Å². The van der Waals surface area contributed by atoms with Crippen LogP contribution >= 0.6 is 15.9 Å². The van der Waals surface area contributed by atoms with E-state index in [0.717, 1.165) is 10.0 Å². The van der Waals surface area contributed by atoms with E-state index in [9.17, 15) is 4.39 Å². The van der Waals surface area contributed by atoms with Crippen LogP contribution in [0.15, 0.2) is 28.7 Å². The van der Waals surface area contributed by atoms with Gasteiger partial charge in [-0.25, -0.2) is 4.39 Å². The predicted molar refractivity (Wildman–Crippen MR) is 59.0 cm³/mol. The molecule has 0 spiro atoms. The Kier molecular flexibility index (Phi) is 2.62. The zero-order valence-corrected chi connectivity index (χ0v) is 9.64. The summed E-state index contributed by atoms with van der Waals surface area (Å²) in [5, 5.41) is 3.23. The molecule has 0 saturated carbocycles. The summed E-state index contributed by atoms with van der Waals surface area (Å²) in [7, 11) is 0. The molecule has 1 aromatic rings. The average Bonchev–Trinajstić information content (AvgIpc) is 2.48. The van der Waals surface area contributed by atoms with Gasteiger partial charge in [0, 0.05) is 23.0 Å². The first-order valence-corrected chi connectivity index (χ1v) is 5.55. The molecule has 0 aromatic heterocycles. The van der Waals surface area contributed by atoms with Gasteiger partial charge >= 0.3 is 0 Å². The van der Waals surface area contributed by atoms with E-state index < -0.39 is 6.17 Å². The Morgan fingerprint density at radius 2 is 2.21 bits per heavy atom. The Hall–Kier alpha value is -0.410. The second kappa shape index (κ2) is 3.63. The largest absolute Gasteiger partial charge is 0.305 e. The van der Waals surface area contributed by atoms with Crippen LogP contribution < -0.4 is 5.32 Å². The van der Waals surface area contributed by atoms with Gasteiger partial charge < -0.3 is 5.32 Å². The van der Waals surface area contributed by atoms with Crippen molar-refractivity contribution in [3.63, 3.8) is 0 Å². The maximum atomic E-state index is 13.2. The van der Waals surface area contributed by atoms with Crippen LogP contribution in [0, 0.1) is 0 Å². The lowest BCUT2D eigenvalue weighted by Crippen LogP contribution is -2.33. The molecule has 14 heavy (non-hydrogen) atoms. The smallest absolute Gasteiger partial charge is 0.115 e. The number of alkyl halides is 1. The molecule has 2 unspecified atom stereocenters. The van der Waals surface area contributed by atoms with E-state index in [1.807, 2.05) is 31.2 Å². The Morgan fingerprint density at radius 1 is 1.50 bits per heavy atom. The maximum Gasteiger partial charge on any atom is 0.115 e. The first-order valence-electron chi connectivity index (χ1n) is 4.76. The molecule has 1 N–H and O–H groups in total. The summed E-state index contributed by atoms with van der Waals surface area (Å²) in [6.07, 6.45) is -0.178. The van der Waals surface area contributed by atoms with Crippen LogP contribution in [0.2, 0.25) is 0 Å². The van der Waals surface area contributed by atoms with Gasteiger partial charge in [0.15, 0.2) is 0 Å². The number of hydrogen-bond acceptors (Lipinski definition) is 1. The number of rotatable bonds is 1. The third-order valence-corrected chi connectivity index (χ3v) is 3.50. The fourth-order valence-corrected chi connectivity index (χ4v) is 2.76. The van der Waals surface area contributed by atoms with Crippen molar-refractivity contribution in [2.75, 3.05) is 6.54 Å². The second-order valence-corrected chi connectivity index (χ2v) is 4.85. The van der Waals surface area contributed by atoms with Crippen molar-refractivity contribution in [1.29, 1.82) is 0 Å². The van der Waals surface area contributed by atoms with E-state index in [0.29, 0.717) is 13.0 Å². The van der Waals surface area contributed by atoms with Gasteiger partial charge in [-0.3, -0.25) is 0 Å². The van der Waals surface area contributed by atoms with Gasteiger partial charge in [-0.1, -0.05) is 34.1 Å². The van der Waals surface area contributed by atoms with Gasteiger partial charge in [0.05, 0.1) is 0 Å². The molecule has 1 fully saturated rings. The summed E-state index contributed by atoms with van der Waals surface area (Å²) < 4.78 is 14.2. The molecule has 0 bridgehead atoms. The van der Waals surface area contributed by atoms with E-state index in [1.165, 1.54) is 0 Å². The van der Waals surface area contributed by atoms with Crippen molar-refractivity contribution >= 4 is 15.9 Å². The molecule has 1 saturated heterocycles. The third kappa shape index (κ3) is 1.71. The molecule has 0 amide bonds. The standard InChI is InChI=1S/C11H13BrFN/c1-11(6-8(13)7-14-11)9-4-2-3-5-10(9)12/h2-5,8,14H,6-7H2,1H3. The minimum absolute atomic E-state index is 0.223. The quantitative estimate of drug-likeness (QED) is 0.816. The number of nitrogens with one attached hydrogen (secondary N) is 1. The fraction of sp³-hybridized carbons (Fsp3) is 0.455. The third-order valence-electron chi connectivity index (χ3n) is 2.81. The Morgan fingerprint density at radius 3 is 2.79 bits per heavy atom. The number of benzene rings is 1. The summed E-state index contributed by atoms with van der Waals surface area (Å²) in [6.45, 7) is 2.50. The van der Waals surface area contributed by atoms with Crippen LogP contribution in [0.5, 0.6) is 0 Å². The molecule has 2 rings (SSSR count). The number of hydrogen-bond donors (Lipinski definition) is 1. The van der Waals surface area contributed by atoms with Crippen molar-refractivity contribution < 1.29 is 4.39 Å². The van der Waals surface area contributed by atoms with E-state index in [1.54, 1.807) is 0 Å². The lowest BCUT2D eigenvalue weighted by molar-refractivity contribution is 0.333. The molecule has 76 valence electrons. The van der Waals surface area contributed by atoms with Crippen molar-refractivity contribution in [1.82, 2.24) is 5.32 Å². The van der Waals surface area contributed by atoms with Crippen LogP contribution in [-0.4, -0.2) is 12.7 Å². The van der Waals surface area contributed by atoms with Crippen molar-refractivity contribution in [3.05, 3.63) is 34.3 Å². The minimum Gasteiger partial charge on any atom is -0.305 e. The molecule has 1 aliphatic rings.